The number of amides is 2. The van der Waals surface area contributed by atoms with Gasteiger partial charge in [0.15, 0.2) is 0 Å². The number of carboxylic acids is 1. The predicted molar refractivity (Wildman–Crippen MR) is 90.6 cm³/mol. The van der Waals surface area contributed by atoms with E-state index in [1.807, 2.05) is 36.4 Å². The number of benzene rings is 1. The lowest BCUT2D eigenvalue weighted by Gasteiger charge is -2.17. The summed E-state index contributed by atoms with van der Waals surface area (Å²) in [4.78, 5) is 23.7. The van der Waals surface area contributed by atoms with Crippen molar-refractivity contribution in [2.75, 3.05) is 20.1 Å². The van der Waals surface area contributed by atoms with Crippen molar-refractivity contribution in [3.05, 3.63) is 42.1 Å². The molecule has 2 aromatic rings. The van der Waals surface area contributed by atoms with Crippen LogP contribution in [0.2, 0.25) is 0 Å². The van der Waals surface area contributed by atoms with Gasteiger partial charge in [-0.3, -0.25) is 9.89 Å². The van der Waals surface area contributed by atoms with Crippen molar-refractivity contribution in [2.45, 2.75) is 19.3 Å². The van der Waals surface area contributed by atoms with Crippen LogP contribution in [0.25, 0.3) is 11.3 Å². The molecule has 0 radical (unpaired) electrons. The lowest BCUT2D eigenvalue weighted by Crippen LogP contribution is -2.38. The molecule has 0 aliphatic heterocycles. The standard InChI is InChI=1S/C17H22N4O3/c1-21(17(24)18-10-9-16(22)23)11-5-8-14-12-15(20-19-14)13-6-3-2-4-7-13/h2-4,6-7,12H,5,8-11H2,1H3,(H,18,24)(H,19,20)(H,22,23). The summed E-state index contributed by atoms with van der Waals surface area (Å²) < 4.78 is 0. The molecule has 2 rings (SSSR count). The number of carbonyl (C=O) groups is 2. The number of carboxylic acid groups (broad SMARTS) is 1. The first-order chi connectivity index (χ1) is 11.6. The first kappa shape index (κ1) is 17.5. The van der Waals surface area contributed by atoms with Crippen LogP contribution in [0, 0.1) is 0 Å². The molecular weight excluding hydrogens is 308 g/mol. The molecule has 0 unspecified atom stereocenters. The molecule has 1 aromatic carbocycles. The van der Waals surface area contributed by atoms with Crippen molar-refractivity contribution in [3.63, 3.8) is 0 Å². The average Bonchev–Trinajstić information content (AvgIpc) is 3.04. The lowest BCUT2D eigenvalue weighted by atomic mass is 10.1. The van der Waals surface area contributed by atoms with E-state index in [1.54, 1.807) is 11.9 Å². The number of aliphatic carboxylic acids is 1. The molecule has 7 nitrogen and oxygen atoms in total. The van der Waals surface area contributed by atoms with E-state index in [0.29, 0.717) is 6.54 Å². The smallest absolute Gasteiger partial charge is 0.317 e. The van der Waals surface area contributed by atoms with Crippen molar-refractivity contribution in [1.82, 2.24) is 20.4 Å². The average molecular weight is 330 g/mol. The molecule has 0 bridgehead atoms. The van der Waals surface area contributed by atoms with Gasteiger partial charge in [0.1, 0.15) is 0 Å². The Kier molecular flexibility index (Phi) is 6.36. The minimum Gasteiger partial charge on any atom is -0.481 e. The second-order valence-corrected chi connectivity index (χ2v) is 5.55. The minimum absolute atomic E-state index is 0.0734. The molecule has 0 fully saturated rings. The molecule has 0 aliphatic carbocycles. The molecule has 24 heavy (non-hydrogen) atoms. The predicted octanol–water partition coefficient (Wildman–Crippen LogP) is 2.13. The van der Waals surface area contributed by atoms with Gasteiger partial charge in [0.25, 0.3) is 0 Å². The zero-order valence-corrected chi connectivity index (χ0v) is 13.7. The number of urea groups is 1. The maximum Gasteiger partial charge on any atom is 0.317 e. The quantitative estimate of drug-likeness (QED) is 0.690. The molecular formula is C17H22N4O3. The highest BCUT2D eigenvalue weighted by atomic mass is 16.4. The van der Waals surface area contributed by atoms with Gasteiger partial charge in [-0.2, -0.15) is 5.10 Å². The van der Waals surface area contributed by atoms with Gasteiger partial charge in [-0.15, -0.1) is 0 Å². The third-order valence-corrected chi connectivity index (χ3v) is 3.60. The van der Waals surface area contributed by atoms with Crippen molar-refractivity contribution in [3.8, 4) is 11.3 Å². The maximum absolute atomic E-state index is 11.8. The van der Waals surface area contributed by atoms with Crippen LogP contribution >= 0.6 is 0 Å². The van der Waals surface area contributed by atoms with Crippen LogP contribution in [-0.2, 0) is 11.2 Å². The van der Waals surface area contributed by atoms with Crippen LogP contribution in [0.3, 0.4) is 0 Å². The van der Waals surface area contributed by atoms with Crippen molar-refractivity contribution in [1.29, 1.82) is 0 Å². The van der Waals surface area contributed by atoms with Gasteiger partial charge >= 0.3 is 12.0 Å². The summed E-state index contributed by atoms with van der Waals surface area (Å²) in [5.41, 5.74) is 2.99. The van der Waals surface area contributed by atoms with E-state index in [-0.39, 0.29) is 19.0 Å². The number of nitrogens with one attached hydrogen (secondary N) is 2. The van der Waals surface area contributed by atoms with Crippen LogP contribution in [0.5, 0.6) is 0 Å². The number of rotatable bonds is 8. The molecule has 7 heteroatoms. The number of aromatic amines is 1. The van der Waals surface area contributed by atoms with Gasteiger partial charge in [0.2, 0.25) is 0 Å². The monoisotopic (exact) mass is 330 g/mol. The normalized spacial score (nSPS) is 10.4. The fourth-order valence-corrected chi connectivity index (χ4v) is 2.27. The van der Waals surface area contributed by atoms with Crippen LogP contribution in [0.4, 0.5) is 4.79 Å². The fourth-order valence-electron chi connectivity index (χ4n) is 2.27. The highest BCUT2D eigenvalue weighted by Gasteiger charge is 2.09. The minimum atomic E-state index is -0.925. The molecule has 0 spiro atoms. The second kappa shape index (κ2) is 8.71. The number of hydrogen-bond donors (Lipinski definition) is 3. The van der Waals surface area contributed by atoms with E-state index in [2.05, 4.69) is 15.5 Å². The zero-order chi connectivity index (χ0) is 17.4. The molecule has 0 aliphatic rings. The van der Waals surface area contributed by atoms with E-state index in [0.717, 1.165) is 29.8 Å². The van der Waals surface area contributed by atoms with Crippen molar-refractivity contribution in [2.24, 2.45) is 0 Å². The summed E-state index contributed by atoms with van der Waals surface area (Å²) in [7, 11) is 1.69. The summed E-state index contributed by atoms with van der Waals surface area (Å²) in [6.45, 7) is 0.720. The van der Waals surface area contributed by atoms with Gasteiger partial charge in [0.05, 0.1) is 12.1 Å². The number of nitrogens with zero attached hydrogens (tertiary/aromatic N) is 2. The molecule has 0 atom stereocenters. The molecule has 3 N–H and O–H groups in total. The third-order valence-electron chi connectivity index (χ3n) is 3.60. The van der Waals surface area contributed by atoms with Crippen LogP contribution in [0.15, 0.2) is 36.4 Å². The Hall–Kier alpha value is -2.83. The number of carbonyl (C=O) groups excluding carboxylic acids is 1. The number of H-pyrrole nitrogens is 1. The number of aryl methyl sites for hydroxylation is 1. The largest absolute Gasteiger partial charge is 0.481 e. The molecule has 0 saturated carbocycles. The fraction of sp³-hybridized carbons (Fsp3) is 0.353. The number of hydrogen-bond acceptors (Lipinski definition) is 3. The van der Waals surface area contributed by atoms with Gasteiger partial charge < -0.3 is 15.3 Å². The lowest BCUT2D eigenvalue weighted by molar-refractivity contribution is -0.136. The number of aromatic nitrogens is 2. The molecule has 1 heterocycles. The van der Waals surface area contributed by atoms with E-state index in [1.165, 1.54) is 0 Å². The second-order valence-electron chi connectivity index (χ2n) is 5.55. The Balaban J connectivity index is 1.73. The van der Waals surface area contributed by atoms with Gasteiger partial charge in [-0.25, -0.2) is 4.79 Å². The van der Waals surface area contributed by atoms with Crippen LogP contribution in [-0.4, -0.2) is 52.3 Å². The summed E-state index contributed by atoms with van der Waals surface area (Å²) >= 11 is 0. The van der Waals surface area contributed by atoms with Gasteiger partial charge in [-0.05, 0) is 18.9 Å². The highest BCUT2D eigenvalue weighted by Crippen LogP contribution is 2.17. The molecule has 128 valence electrons. The first-order valence-electron chi connectivity index (χ1n) is 7.86. The summed E-state index contributed by atoms with van der Waals surface area (Å²) in [5.74, 6) is -0.925. The van der Waals surface area contributed by atoms with Crippen LogP contribution in [0.1, 0.15) is 18.5 Å². The first-order valence-corrected chi connectivity index (χ1v) is 7.86. The summed E-state index contributed by atoms with van der Waals surface area (Å²) in [6.07, 6.45) is 1.50. The summed E-state index contributed by atoms with van der Waals surface area (Å²) in [6, 6.07) is 11.7. The Morgan fingerprint density at radius 2 is 2.04 bits per heavy atom. The zero-order valence-electron chi connectivity index (χ0n) is 13.7. The van der Waals surface area contributed by atoms with Crippen LogP contribution < -0.4 is 5.32 Å². The van der Waals surface area contributed by atoms with E-state index in [4.69, 9.17) is 5.11 Å². The third kappa shape index (κ3) is 5.42. The Labute approximate surface area is 140 Å². The topological polar surface area (TPSA) is 98.3 Å². The summed E-state index contributed by atoms with van der Waals surface area (Å²) in [5, 5.41) is 18.4. The highest BCUT2D eigenvalue weighted by molar-refractivity contribution is 5.74. The van der Waals surface area contributed by atoms with Gasteiger partial charge in [0, 0.05) is 31.4 Å². The molecule has 0 saturated heterocycles. The van der Waals surface area contributed by atoms with Gasteiger partial charge in [-0.1, -0.05) is 30.3 Å². The molecule has 2 amide bonds. The Morgan fingerprint density at radius 3 is 2.75 bits per heavy atom. The van der Waals surface area contributed by atoms with E-state index >= 15 is 0 Å². The van der Waals surface area contributed by atoms with E-state index < -0.39 is 5.97 Å². The van der Waals surface area contributed by atoms with E-state index in [9.17, 15) is 9.59 Å². The van der Waals surface area contributed by atoms with Crippen molar-refractivity contribution < 1.29 is 14.7 Å². The maximum atomic E-state index is 11.8. The SMILES string of the molecule is CN(CCCc1cc(-c2ccccc2)n[nH]1)C(=O)NCCC(=O)O. The Bertz CT molecular complexity index is 669. The Morgan fingerprint density at radius 1 is 1.29 bits per heavy atom. The molecule has 1 aromatic heterocycles. The van der Waals surface area contributed by atoms with Crippen molar-refractivity contribution >= 4 is 12.0 Å².